The Labute approximate surface area is 242 Å². The van der Waals surface area contributed by atoms with E-state index in [0.29, 0.717) is 18.9 Å². The molecule has 0 radical (unpaired) electrons. The SMILES string of the molecule is CC(C)(C)OC(=O)C[C@H]1c2ccccc2CC12CCC(c1cnc3c(n1)CN=C3N1CCCc3ncccc31)CC2. The molecule has 7 nitrogen and oxygen atoms in total. The standard InChI is InChI=1S/C34H39N5O2/c1-33(2,3)41-30(40)18-25-24-9-5-4-8-23(24)19-34(25)14-12-22(13-15-34)27-20-36-31-28(38-27)21-37-32(31)39-17-7-10-26-29(39)11-6-16-35-26/h4-6,8-9,11,16,20,22,25H,7,10,12-15,17-19,21H2,1-3H3/t22?,25-,34?/m0/s1. The topological polar surface area (TPSA) is 80.6 Å². The number of pyridine rings is 1. The molecule has 4 aliphatic rings. The van der Waals surface area contributed by atoms with Gasteiger partial charge in [0.2, 0.25) is 0 Å². The van der Waals surface area contributed by atoms with Crippen molar-refractivity contribution in [2.75, 3.05) is 11.4 Å². The molecule has 2 aliphatic carbocycles. The average molecular weight is 550 g/mol. The maximum Gasteiger partial charge on any atom is 0.306 e. The van der Waals surface area contributed by atoms with Crippen LogP contribution in [0.15, 0.2) is 53.8 Å². The first kappa shape index (κ1) is 26.3. The maximum atomic E-state index is 13.0. The molecule has 0 amide bonds. The summed E-state index contributed by atoms with van der Waals surface area (Å²) < 4.78 is 5.78. The Kier molecular flexibility index (Phi) is 6.44. The lowest BCUT2D eigenvalue weighted by molar-refractivity contribution is -0.156. The molecule has 1 saturated carbocycles. The molecule has 1 aromatic carbocycles. The number of nitrogens with zero attached hydrogens (tertiary/aromatic N) is 5. The van der Waals surface area contributed by atoms with E-state index in [2.05, 4.69) is 40.2 Å². The van der Waals surface area contributed by atoms with Crippen LogP contribution in [0.2, 0.25) is 0 Å². The minimum absolute atomic E-state index is 0.0897. The largest absolute Gasteiger partial charge is 0.460 e. The molecule has 0 bridgehead atoms. The van der Waals surface area contributed by atoms with Gasteiger partial charge in [-0.15, -0.1) is 0 Å². The van der Waals surface area contributed by atoms with Crippen LogP contribution in [0, 0.1) is 5.41 Å². The third-order valence-electron chi connectivity index (χ3n) is 9.56. The van der Waals surface area contributed by atoms with E-state index < -0.39 is 5.60 Å². The highest BCUT2D eigenvalue weighted by atomic mass is 16.6. The number of benzene rings is 1. The van der Waals surface area contributed by atoms with E-state index in [0.717, 1.165) is 85.8 Å². The monoisotopic (exact) mass is 549 g/mol. The van der Waals surface area contributed by atoms with Gasteiger partial charge in [-0.25, -0.2) is 4.98 Å². The Bertz CT molecular complexity index is 1520. The van der Waals surface area contributed by atoms with Crippen molar-refractivity contribution in [3.8, 4) is 0 Å². The van der Waals surface area contributed by atoms with Crippen molar-refractivity contribution in [2.24, 2.45) is 10.4 Å². The third kappa shape index (κ3) is 4.83. The quantitative estimate of drug-likeness (QED) is 0.357. The number of rotatable bonds is 3. The summed E-state index contributed by atoms with van der Waals surface area (Å²) in [6.45, 7) is 7.35. The van der Waals surface area contributed by atoms with Crippen molar-refractivity contribution < 1.29 is 9.53 Å². The lowest BCUT2D eigenvalue weighted by atomic mass is 9.63. The van der Waals surface area contributed by atoms with Crippen molar-refractivity contribution in [1.82, 2.24) is 15.0 Å². The van der Waals surface area contributed by atoms with Crippen molar-refractivity contribution >= 4 is 17.5 Å². The molecule has 1 spiro atoms. The second kappa shape index (κ2) is 10.0. The Morgan fingerprint density at radius 1 is 1.07 bits per heavy atom. The first-order valence-corrected chi connectivity index (χ1v) is 15.2. The molecule has 41 heavy (non-hydrogen) atoms. The van der Waals surface area contributed by atoms with Gasteiger partial charge in [0.25, 0.3) is 0 Å². The number of anilines is 1. The number of hydrogen-bond donors (Lipinski definition) is 0. The van der Waals surface area contributed by atoms with E-state index in [9.17, 15) is 4.79 Å². The van der Waals surface area contributed by atoms with Gasteiger partial charge >= 0.3 is 5.97 Å². The van der Waals surface area contributed by atoms with Gasteiger partial charge in [-0.3, -0.25) is 19.8 Å². The Morgan fingerprint density at radius 2 is 1.90 bits per heavy atom. The summed E-state index contributed by atoms with van der Waals surface area (Å²) >= 11 is 0. The first-order valence-electron chi connectivity index (χ1n) is 15.2. The summed E-state index contributed by atoms with van der Waals surface area (Å²) in [6.07, 6.45) is 11.7. The van der Waals surface area contributed by atoms with Crippen LogP contribution < -0.4 is 4.90 Å². The van der Waals surface area contributed by atoms with Crippen LogP contribution in [0.25, 0.3) is 0 Å². The highest BCUT2D eigenvalue weighted by Gasteiger charge is 2.49. The Morgan fingerprint density at radius 3 is 2.73 bits per heavy atom. The lowest BCUT2D eigenvalue weighted by Gasteiger charge is -2.42. The van der Waals surface area contributed by atoms with Crippen molar-refractivity contribution in [3.63, 3.8) is 0 Å². The summed E-state index contributed by atoms with van der Waals surface area (Å²) in [7, 11) is 0. The molecular weight excluding hydrogens is 510 g/mol. The fraction of sp³-hybridized carbons (Fsp3) is 0.500. The van der Waals surface area contributed by atoms with Crippen molar-refractivity contribution in [3.05, 3.63) is 82.7 Å². The maximum absolute atomic E-state index is 13.0. The third-order valence-corrected chi connectivity index (χ3v) is 9.56. The number of aryl methyl sites for hydroxylation is 1. The van der Waals surface area contributed by atoms with Gasteiger partial charge < -0.3 is 9.64 Å². The highest BCUT2D eigenvalue weighted by molar-refractivity contribution is 6.11. The van der Waals surface area contributed by atoms with Crippen LogP contribution in [-0.2, 0) is 28.9 Å². The van der Waals surface area contributed by atoms with Gasteiger partial charge in [0, 0.05) is 30.8 Å². The molecule has 0 saturated heterocycles. The number of carbonyl (C=O) groups is 1. The average Bonchev–Trinajstić information content (AvgIpc) is 3.51. The van der Waals surface area contributed by atoms with E-state index in [4.69, 9.17) is 19.7 Å². The van der Waals surface area contributed by atoms with E-state index in [1.165, 1.54) is 11.1 Å². The van der Waals surface area contributed by atoms with Crippen LogP contribution in [0.1, 0.15) is 105 Å². The number of ether oxygens (including phenoxy) is 1. The van der Waals surface area contributed by atoms with Gasteiger partial charge in [-0.2, -0.15) is 0 Å². The summed E-state index contributed by atoms with van der Waals surface area (Å²) in [5, 5.41) is 0. The summed E-state index contributed by atoms with van der Waals surface area (Å²) in [5.74, 6) is 1.43. The molecule has 7 rings (SSSR count). The van der Waals surface area contributed by atoms with Crippen molar-refractivity contribution in [2.45, 2.75) is 96.1 Å². The Balaban J connectivity index is 1.08. The molecule has 1 fully saturated rings. The zero-order chi connectivity index (χ0) is 28.2. The summed E-state index contributed by atoms with van der Waals surface area (Å²) in [5.41, 5.74) is 7.66. The number of aliphatic imine (C=N–C) groups is 1. The normalized spacial score (nSPS) is 25.0. The van der Waals surface area contributed by atoms with E-state index in [-0.39, 0.29) is 17.3 Å². The van der Waals surface area contributed by atoms with Gasteiger partial charge in [-0.1, -0.05) is 24.3 Å². The fourth-order valence-electron chi connectivity index (χ4n) is 7.74. The zero-order valence-electron chi connectivity index (χ0n) is 24.4. The highest BCUT2D eigenvalue weighted by Crippen LogP contribution is 2.58. The van der Waals surface area contributed by atoms with E-state index in [1.54, 1.807) is 0 Å². The molecule has 1 atom stereocenters. The minimum atomic E-state index is -0.468. The number of amidine groups is 1. The molecular formula is C34H39N5O2. The van der Waals surface area contributed by atoms with Gasteiger partial charge in [0.15, 0.2) is 5.84 Å². The number of fused-ring (bicyclic) bond motifs is 3. The second-order valence-electron chi connectivity index (χ2n) is 13.3. The molecule has 7 heteroatoms. The number of carbonyl (C=O) groups excluding carboxylic acids is 1. The van der Waals surface area contributed by atoms with Gasteiger partial charge in [0.05, 0.1) is 35.7 Å². The summed E-state index contributed by atoms with van der Waals surface area (Å²) in [6, 6.07) is 12.9. The molecule has 0 N–H and O–H groups in total. The van der Waals surface area contributed by atoms with Crippen molar-refractivity contribution in [1.29, 1.82) is 0 Å². The van der Waals surface area contributed by atoms with E-state index >= 15 is 0 Å². The van der Waals surface area contributed by atoms with Gasteiger partial charge in [-0.05, 0) is 94.4 Å². The zero-order valence-corrected chi connectivity index (χ0v) is 24.4. The number of hydrogen-bond acceptors (Lipinski definition) is 7. The summed E-state index contributed by atoms with van der Waals surface area (Å²) in [4.78, 5) is 34.9. The van der Waals surface area contributed by atoms with Crippen LogP contribution in [0.3, 0.4) is 0 Å². The van der Waals surface area contributed by atoms with Crippen LogP contribution in [-0.4, -0.2) is 38.9 Å². The van der Waals surface area contributed by atoms with Crippen LogP contribution >= 0.6 is 0 Å². The minimum Gasteiger partial charge on any atom is -0.460 e. The molecule has 2 aliphatic heterocycles. The predicted molar refractivity (Wildman–Crippen MR) is 159 cm³/mol. The molecule has 4 heterocycles. The lowest BCUT2D eigenvalue weighted by Crippen LogP contribution is -2.36. The van der Waals surface area contributed by atoms with Crippen LogP contribution in [0.5, 0.6) is 0 Å². The first-order chi connectivity index (χ1) is 19.8. The molecule has 3 aromatic rings. The fourth-order valence-corrected chi connectivity index (χ4v) is 7.74. The van der Waals surface area contributed by atoms with E-state index in [1.807, 2.05) is 39.2 Å². The van der Waals surface area contributed by atoms with Gasteiger partial charge in [0.1, 0.15) is 11.3 Å². The van der Waals surface area contributed by atoms with Crippen LogP contribution in [0.4, 0.5) is 5.69 Å². The molecule has 212 valence electrons. The number of aromatic nitrogens is 3. The molecule has 2 aromatic heterocycles. The Hall–Kier alpha value is -3.61. The number of esters is 1. The predicted octanol–water partition coefficient (Wildman–Crippen LogP) is 6.30. The smallest absolute Gasteiger partial charge is 0.306 e. The second-order valence-corrected chi connectivity index (χ2v) is 13.3. The molecule has 0 unspecified atom stereocenters.